The van der Waals surface area contributed by atoms with Crippen molar-refractivity contribution in [3.05, 3.63) is 11.4 Å². The molecule has 1 aliphatic heterocycles. The first-order valence-electron chi connectivity index (χ1n) is 9.70. The fourth-order valence-electron chi connectivity index (χ4n) is 6.82. The summed E-state index contributed by atoms with van der Waals surface area (Å²) in [6.07, 6.45) is 11.0. The lowest BCUT2D eigenvalue weighted by Gasteiger charge is -2.57. The van der Waals surface area contributed by atoms with Crippen molar-refractivity contribution in [1.82, 2.24) is 15.2 Å². The highest BCUT2D eigenvalue weighted by molar-refractivity contribution is 5.78. The zero-order valence-electron chi connectivity index (χ0n) is 14.5. The van der Waals surface area contributed by atoms with Crippen LogP contribution in [0.5, 0.6) is 0 Å². The van der Waals surface area contributed by atoms with Crippen LogP contribution in [0, 0.1) is 30.1 Å². The number of rotatable bonds is 3. The third-order valence-corrected chi connectivity index (χ3v) is 7.27. The maximum atomic E-state index is 13.2. The molecule has 0 radical (unpaired) electrons. The Bertz CT molecular complexity index is 618. The van der Waals surface area contributed by atoms with E-state index in [4.69, 9.17) is 4.63 Å². The maximum Gasteiger partial charge on any atom is 0.223 e. The highest BCUT2D eigenvalue weighted by Gasteiger charge is 2.52. The molecule has 4 saturated carbocycles. The van der Waals surface area contributed by atoms with Crippen LogP contribution in [-0.2, 0) is 4.79 Å². The van der Waals surface area contributed by atoms with E-state index in [0.717, 1.165) is 54.9 Å². The molecule has 4 bridgehead atoms. The highest BCUT2D eigenvalue weighted by Crippen LogP contribution is 2.61. The Morgan fingerprint density at radius 3 is 2.42 bits per heavy atom. The molecule has 1 aromatic rings. The van der Waals surface area contributed by atoms with Gasteiger partial charge in [-0.15, -0.1) is 0 Å². The second kappa shape index (κ2) is 5.30. The largest absolute Gasteiger partial charge is 0.334 e. The number of likely N-dealkylation sites (tertiary alicyclic amines) is 1. The third-order valence-electron chi connectivity index (χ3n) is 7.27. The average molecular weight is 329 g/mol. The Hall–Kier alpha value is -1.39. The van der Waals surface area contributed by atoms with Crippen LogP contribution in [0.15, 0.2) is 4.63 Å². The molecular weight excluding hydrogens is 302 g/mol. The number of carbonyl (C=O) groups excluding carboxylic acids is 1. The van der Waals surface area contributed by atoms with Crippen molar-refractivity contribution in [2.45, 2.75) is 70.8 Å². The van der Waals surface area contributed by atoms with Gasteiger partial charge >= 0.3 is 0 Å². The van der Waals surface area contributed by atoms with Gasteiger partial charge in [-0.3, -0.25) is 4.79 Å². The van der Waals surface area contributed by atoms with Crippen molar-refractivity contribution < 1.29 is 9.42 Å². The van der Waals surface area contributed by atoms with Gasteiger partial charge in [-0.25, -0.2) is 4.63 Å². The van der Waals surface area contributed by atoms with Gasteiger partial charge in [0.25, 0.3) is 0 Å². The predicted octanol–water partition coefficient (Wildman–Crippen LogP) is 3.65. The summed E-state index contributed by atoms with van der Waals surface area (Å²) < 4.78 is 4.88. The van der Waals surface area contributed by atoms with Crippen molar-refractivity contribution in [3.63, 3.8) is 0 Å². The minimum absolute atomic E-state index is 0.0812. The van der Waals surface area contributed by atoms with E-state index in [0.29, 0.717) is 11.3 Å². The van der Waals surface area contributed by atoms with Gasteiger partial charge < -0.3 is 4.90 Å². The van der Waals surface area contributed by atoms with Gasteiger partial charge in [0.15, 0.2) is 0 Å². The van der Waals surface area contributed by atoms with Crippen LogP contribution in [-0.4, -0.2) is 27.7 Å². The minimum Gasteiger partial charge on any atom is -0.334 e. The van der Waals surface area contributed by atoms with Crippen LogP contribution in [0.1, 0.15) is 75.2 Å². The highest BCUT2D eigenvalue weighted by atomic mass is 16.6. The number of amides is 1. The molecule has 1 saturated heterocycles. The van der Waals surface area contributed by atoms with Crippen LogP contribution in [0.3, 0.4) is 0 Å². The smallest absolute Gasteiger partial charge is 0.223 e. The van der Waals surface area contributed by atoms with Crippen LogP contribution in [0.25, 0.3) is 0 Å². The van der Waals surface area contributed by atoms with Crippen LogP contribution >= 0.6 is 0 Å². The van der Waals surface area contributed by atoms with Gasteiger partial charge in [-0.2, -0.15) is 0 Å². The lowest BCUT2D eigenvalue weighted by Crippen LogP contribution is -2.48. The predicted molar refractivity (Wildman–Crippen MR) is 87.9 cm³/mol. The molecule has 0 spiro atoms. The maximum absolute atomic E-state index is 13.2. The lowest BCUT2D eigenvalue weighted by molar-refractivity contribution is -0.140. The molecule has 1 aromatic heterocycles. The number of aromatic nitrogens is 2. The summed E-state index contributed by atoms with van der Waals surface area (Å²) in [5, 5.41) is 7.99. The van der Waals surface area contributed by atoms with Gasteiger partial charge in [0, 0.05) is 13.0 Å². The topological polar surface area (TPSA) is 59.2 Å². The van der Waals surface area contributed by atoms with E-state index in [1.54, 1.807) is 0 Å². The summed E-state index contributed by atoms with van der Waals surface area (Å²) in [5.74, 6) is 3.06. The summed E-state index contributed by atoms with van der Waals surface area (Å²) >= 11 is 0. The monoisotopic (exact) mass is 329 g/mol. The minimum atomic E-state index is 0.0812. The zero-order chi connectivity index (χ0) is 16.3. The Morgan fingerprint density at radius 2 is 1.83 bits per heavy atom. The van der Waals surface area contributed by atoms with Gasteiger partial charge in [0.05, 0.1) is 6.04 Å². The van der Waals surface area contributed by atoms with Gasteiger partial charge in [-0.1, -0.05) is 10.3 Å². The van der Waals surface area contributed by atoms with Crippen molar-refractivity contribution >= 4 is 5.91 Å². The fourth-order valence-corrected chi connectivity index (χ4v) is 6.82. The SMILES string of the molecule is Cc1nonc1C1CCCN1C(=O)CC12CC3CC(CC(C3)C1)C2. The molecule has 5 nitrogen and oxygen atoms in total. The molecule has 130 valence electrons. The van der Waals surface area contributed by atoms with Crippen LogP contribution in [0.2, 0.25) is 0 Å². The van der Waals surface area contributed by atoms with Gasteiger partial charge in [-0.05, 0) is 81.5 Å². The normalized spacial score (nSPS) is 40.5. The standard InChI is InChI=1S/C19H27N3O2/c1-12-18(21-24-20-12)16-3-2-4-22(16)17(23)11-19-8-13-5-14(9-19)7-15(6-13)10-19/h13-16H,2-11H2,1H3. The molecule has 0 aromatic carbocycles. The number of hydrogen-bond donors (Lipinski definition) is 0. The molecule has 5 fully saturated rings. The van der Waals surface area contributed by atoms with Crippen LogP contribution < -0.4 is 0 Å². The first kappa shape index (κ1) is 14.9. The Labute approximate surface area is 143 Å². The summed E-state index contributed by atoms with van der Waals surface area (Å²) in [6.45, 7) is 2.79. The van der Waals surface area contributed by atoms with Crippen molar-refractivity contribution in [3.8, 4) is 0 Å². The van der Waals surface area contributed by atoms with E-state index in [9.17, 15) is 4.79 Å². The molecule has 0 N–H and O–H groups in total. The number of hydrogen-bond acceptors (Lipinski definition) is 4. The molecule has 1 atom stereocenters. The molecular formula is C19H27N3O2. The zero-order valence-corrected chi connectivity index (χ0v) is 14.5. The third kappa shape index (κ3) is 2.31. The molecule has 1 amide bonds. The Morgan fingerprint density at radius 1 is 1.17 bits per heavy atom. The summed E-state index contributed by atoms with van der Waals surface area (Å²) in [5.41, 5.74) is 2.01. The fraction of sp³-hybridized carbons (Fsp3) is 0.842. The van der Waals surface area contributed by atoms with Gasteiger partial charge in [0.2, 0.25) is 5.91 Å². The van der Waals surface area contributed by atoms with E-state index in [1.165, 1.54) is 38.5 Å². The molecule has 5 aliphatic rings. The van der Waals surface area contributed by atoms with Crippen molar-refractivity contribution in [2.24, 2.45) is 23.2 Å². The first-order chi connectivity index (χ1) is 11.6. The van der Waals surface area contributed by atoms with E-state index in [1.807, 2.05) is 6.92 Å². The Kier molecular flexibility index (Phi) is 3.29. The number of nitrogens with zero attached hydrogens (tertiary/aromatic N) is 3. The van der Waals surface area contributed by atoms with Gasteiger partial charge in [0.1, 0.15) is 11.4 Å². The second-order valence-corrected chi connectivity index (χ2v) is 9.07. The van der Waals surface area contributed by atoms with Crippen molar-refractivity contribution in [1.29, 1.82) is 0 Å². The first-order valence-corrected chi connectivity index (χ1v) is 9.70. The Balaban J connectivity index is 1.34. The molecule has 4 aliphatic carbocycles. The molecule has 24 heavy (non-hydrogen) atoms. The van der Waals surface area contributed by atoms with E-state index < -0.39 is 0 Å². The van der Waals surface area contributed by atoms with Crippen molar-refractivity contribution in [2.75, 3.05) is 6.54 Å². The van der Waals surface area contributed by atoms with E-state index in [2.05, 4.69) is 15.2 Å². The molecule has 6 rings (SSSR count). The van der Waals surface area contributed by atoms with Crippen LogP contribution in [0.4, 0.5) is 0 Å². The number of aryl methyl sites for hydroxylation is 1. The lowest BCUT2D eigenvalue weighted by atomic mass is 9.49. The quantitative estimate of drug-likeness (QED) is 0.849. The summed E-state index contributed by atoms with van der Waals surface area (Å²) in [6, 6.07) is 0.0812. The second-order valence-electron chi connectivity index (χ2n) is 9.07. The number of carbonyl (C=O) groups is 1. The summed E-state index contributed by atoms with van der Waals surface area (Å²) in [4.78, 5) is 15.3. The van der Waals surface area contributed by atoms with E-state index >= 15 is 0 Å². The molecule has 1 unspecified atom stereocenters. The molecule has 5 heteroatoms. The summed E-state index contributed by atoms with van der Waals surface area (Å²) in [7, 11) is 0. The van der Waals surface area contributed by atoms with E-state index in [-0.39, 0.29) is 6.04 Å². The molecule has 2 heterocycles. The average Bonchev–Trinajstić information content (AvgIpc) is 3.13.